The molecular weight excluding hydrogens is 382 g/mol. The number of rotatable bonds is 7. The topological polar surface area (TPSA) is 61.9 Å². The van der Waals surface area contributed by atoms with E-state index in [9.17, 15) is 0 Å². The van der Waals surface area contributed by atoms with E-state index in [-0.39, 0.29) is 0 Å². The molecule has 0 unspecified atom stereocenters. The number of nitrogens with zero attached hydrogens (tertiary/aromatic N) is 2. The van der Waals surface area contributed by atoms with Crippen LogP contribution in [0.2, 0.25) is 0 Å². The molecule has 5 rings (SSSR count). The summed E-state index contributed by atoms with van der Waals surface area (Å²) >= 11 is 0. The van der Waals surface area contributed by atoms with Crippen LogP contribution in [-0.2, 0) is 19.4 Å². The van der Waals surface area contributed by atoms with E-state index in [1.807, 2.05) is 6.07 Å². The molecule has 1 aromatic heterocycles. The summed E-state index contributed by atoms with van der Waals surface area (Å²) < 4.78 is 0. The minimum atomic E-state index is 0.822. The van der Waals surface area contributed by atoms with Crippen molar-refractivity contribution in [3.8, 4) is 11.3 Å². The Morgan fingerprint density at radius 2 is 1.81 bits per heavy atom. The molecule has 1 fully saturated rings. The highest BCUT2D eigenvalue weighted by atomic mass is 15.0. The quantitative estimate of drug-likeness (QED) is 0.529. The Kier molecular flexibility index (Phi) is 5.85. The lowest BCUT2D eigenvalue weighted by Gasteiger charge is -2.17. The first-order valence-electron chi connectivity index (χ1n) is 11.5. The molecule has 0 atom stereocenters. The number of benzene rings is 2. The lowest BCUT2D eigenvalue weighted by Crippen LogP contribution is -2.16. The van der Waals surface area contributed by atoms with E-state index in [0.29, 0.717) is 0 Å². The number of hydrogen-bond donors (Lipinski definition) is 3. The second-order valence-electron chi connectivity index (χ2n) is 8.81. The van der Waals surface area contributed by atoms with Crippen molar-refractivity contribution in [1.82, 2.24) is 15.3 Å². The van der Waals surface area contributed by atoms with Crippen LogP contribution in [0.4, 0.5) is 11.5 Å². The number of hydrogen-bond acceptors (Lipinski definition) is 5. The minimum Gasteiger partial charge on any atom is -0.381 e. The van der Waals surface area contributed by atoms with Gasteiger partial charge in [0.05, 0.1) is 5.69 Å². The number of anilines is 2. The van der Waals surface area contributed by atoms with Gasteiger partial charge in [-0.3, -0.25) is 0 Å². The summed E-state index contributed by atoms with van der Waals surface area (Å²) in [6, 6.07) is 15.3. The Labute approximate surface area is 184 Å². The first-order valence-corrected chi connectivity index (χ1v) is 11.5. The highest BCUT2D eigenvalue weighted by Crippen LogP contribution is 2.29. The maximum atomic E-state index is 4.47. The average Bonchev–Trinajstić information content (AvgIpc) is 3.65. The summed E-state index contributed by atoms with van der Waals surface area (Å²) in [7, 11) is 0. The molecular formula is C26H31N5. The van der Waals surface area contributed by atoms with Gasteiger partial charge < -0.3 is 16.0 Å². The van der Waals surface area contributed by atoms with E-state index in [1.54, 1.807) is 6.33 Å². The molecule has 1 aliphatic carbocycles. The van der Waals surface area contributed by atoms with Gasteiger partial charge in [0.15, 0.2) is 0 Å². The molecule has 3 aromatic rings. The van der Waals surface area contributed by atoms with Crippen molar-refractivity contribution in [1.29, 1.82) is 0 Å². The van der Waals surface area contributed by atoms with Crippen LogP contribution < -0.4 is 16.0 Å². The molecule has 5 heteroatoms. The SMILES string of the molecule is Cc1ccc2c(c1NCc1ccc(-c3cc(NCC4CC4)ncn3)cc1)CCNCC2. The standard InChI is InChI=1S/C26H31N5/c1-18-2-7-21-10-12-27-13-11-23(21)26(18)29-16-20-5-8-22(9-6-20)24-14-25(31-17-30-24)28-15-19-3-4-19/h2,5-9,14,17,19,27,29H,3-4,10-13,15-16H2,1H3,(H,28,30,31). The minimum absolute atomic E-state index is 0.822. The Hall–Kier alpha value is -2.92. The molecule has 0 radical (unpaired) electrons. The Balaban J connectivity index is 1.27. The Morgan fingerprint density at radius 1 is 0.968 bits per heavy atom. The zero-order valence-corrected chi connectivity index (χ0v) is 18.2. The van der Waals surface area contributed by atoms with Crippen molar-refractivity contribution < 1.29 is 0 Å². The van der Waals surface area contributed by atoms with Crippen molar-refractivity contribution in [3.05, 3.63) is 71.0 Å². The third-order valence-corrected chi connectivity index (χ3v) is 6.40. The summed E-state index contributed by atoms with van der Waals surface area (Å²) in [5, 5.41) is 10.7. The Morgan fingerprint density at radius 3 is 2.65 bits per heavy atom. The first-order chi connectivity index (χ1) is 15.3. The molecule has 0 bridgehead atoms. The number of aryl methyl sites for hydroxylation is 1. The smallest absolute Gasteiger partial charge is 0.129 e. The van der Waals surface area contributed by atoms with Gasteiger partial charge in [0.2, 0.25) is 0 Å². The van der Waals surface area contributed by atoms with Gasteiger partial charge in [0.25, 0.3) is 0 Å². The monoisotopic (exact) mass is 413 g/mol. The largest absolute Gasteiger partial charge is 0.381 e. The van der Waals surface area contributed by atoms with E-state index in [2.05, 4.69) is 69.2 Å². The molecule has 0 saturated heterocycles. The van der Waals surface area contributed by atoms with Crippen molar-refractivity contribution >= 4 is 11.5 Å². The molecule has 5 nitrogen and oxygen atoms in total. The molecule has 1 saturated carbocycles. The first kappa shape index (κ1) is 20.0. The highest BCUT2D eigenvalue weighted by Gasteiger charge is 2.20. The predicted molar refractivity (Wildman–Crippen MR) is 127 cm³/mol. The van der Waals surface area contributed by atoms with Gasteiger partial charge in [-0.25, -0.2) is 9.97 Å². The van der Waals surface area contributed by atoms with Gasteiger partial charge >= 0.3 is 0 Å². The van der Waals surface area contributed by atoms with Gasteiger partial charge in [-0.05, 0) is 73.9 Å². The van der Waals surface area contributed by atoms with Crippen LogP contribution in [0.15, 0.2) is 48.8 Å². The second kappa shape index (κ2) is 9.06. The fourth-order valence-electron chi connectivity index (χ4n) is 4.30. The van der Waals surface area contributed by atoms with Gasteiger partial charge in [0.1, 0.15) is 12.1 Å². The van der Waals surface area contributed by atoms with Crippen molar-refractivity contribution in [2.75, 3.05) is 30.3 Å². The molecule has 3 N–H and O–H groups in total. The van der Waals surface area contributed by atoms with Crippen LogP contribution in [0.1, 0.15) is 35.1 Å². The van der Waals surface area contributed by atoms with Gasteiger partial charge in [-0.1, -0.05) is 36.4 Å². The fourth-order valence-corrected chi connectivity index (χ4v) is 4.30. The summed E-state index contributed by atoms with van der Waals surface area (Å²) in [5.74, 6) is 1.74. The molecule has 1 aliphatic heterocycles. The van der Waals surface area contributed by atoms with Crippen molar-refractivity contribution in [3.63, 3.8) is 0 Å². The van der Waals surface area contributed by atoms with E-state index < -0.39 is 0 Å². The van der Waals surface area contributed by atoms with Crippen LogP contribution in [0.3, 0.4) is 0 Å². The summed E-state index contributed by atoms with van der Waals surface area (Å²) in [6.07, 6.45) is 6.52. The number of nitrogens with one attached hydrogen (secondary N) is 3. The van der Waals surface area contributed by atoms with E-state index >= 15 is 0 Å². The zero-order chi connectivity index (χ0) is 21.0. The molecule has 2 aromatic carbocycles. The predicted octanol–water partition coefficient (Wildman–Crippen LogP) is 4.57. The molecule has 2 aliphatic rings. The lowest BCUT2D eigenvalue weighted by molar-refractivity contribution is 0.711. The summed E-state index contributed by atoms with van der Waals surface area (Å²) in [6.45, 7) is 6.16. The molecule has 31 heavy (non-hydrogen) atoms. The third kappa shape index (κ3) is 4.88. The molecule has 0 spiro atoms. The summed E-state index contributed by atoms with van der Waals surface area (Å²) in [5.41, 5.74) is 8.95. The zero-order valence-electron chi connectivity index (χ0n) is 18.2. The normalized spacial score (nSPS) is 15.8. The van der Waals surface area contributed by atoms with Crippen LogP contribution in [0.25, 0.3) is 11.3 Å². The van der Waals surface area contributed by atoms with Crippen LogP contribution in [-0.4, -0.2) is 29.6 Å². The molecule has 160 valence electrons. The maximum absolute atomic E-state index is 4.47. The molecule has 0 amide bonds. The molecule has 2 heterocycles. The van der Waals surface area contributed by atoms with Crippen molar-refractivity contribution in [2.24, 2.45) is 5.92 Å². The van der Waals surface area contributed by atoms with Crippen LogP contribution >= 0.6 is 0 Å². The summed E-state index contributed by atoms with van der Waals surface area (Å²) in [4.78, 5) is 8.83. The van der Waals surface area contributed by atoms with Crippen molar-refractivity contribution in [2.45, 2.75) is 39.2 Å². The van der Waals surface area contributed by atoms with E-state index in [4.69, 9.17) is 0 Å². The van der Waals surface area contributed by atoms with Crippen LogP contribution in [0.5, 0.6) is 0 Å². The second-order valence-corrected chi connectivity index (χ2v) is 8.81. The number of fused-ring (bicyclic) bond motifs is 1. The third-order valence-electron chi connectivity index (χ3n) is 6.40. The average molecular weight is 414 g/mol. The fraction of sp³-hybridized carbons (Fsp3) is 0.385. The van der Waals surface area contributed by atoms with E-state index in [0.717, 1.165) is 62.0 Å². The van der Waals surface area contributed by atoms with Crippen LogP contribution in [0, 0.1) is 12.8 Å². The highest BCUT2D eigenvalue weighted by molar-refractivity contribution is 5.63. The lowest BCUT2D eigenvalue weighted by atomic mass is 9.97. The van der Waals surface area contributed by atoms with E-state index in [1.165, 1.54) is 40.8 Å². The van der Waals surface area contributed by atoms with Gasteiger partial charge in [-0.15, -0.1) is 0 Å². The Bertz CT molecular complexity index is 1040. The maximum Gasteiger partial charge on any atom is 0.129 e. The number of aromatic nitrogens is 2. The van der Waals surface area contributed by atoms with Gasteiger partial charge in [0, 0.05) is 30.4 Å². The van der Waals surface area contributed by atoms with Gasteiger partial charge in [-0.2, -0.15) is 0 Å².